The first-order valence-electron chi connectivity index (χ1n) is 10.7. The molecule has 1 aliphatic carbocycles. The molecule has 168 valence electrons. The molecule has 2 aliphatic heterocycles. The fraction of sp³-hybridized carbons (Fsp3) is 0.435. The van der Waals surface area contributed by atoms with Crippen molar-refractivity contribution in [2.75, 3.05) is 13.2 Å². The largest absolute Gasteiger partial charge is 0.456 e. The van der Waals surface area contributed by atoms with E-state index in [4.69, 9.17) is 14.2 Å². The number of hydrogen-bond donors (Lipinski definition) is 3. The lowest BCUT2D eigenvalue weighted by Gasteiger charge is -2.31. The number of aromatic nitrogens is 2. The molecular formula is C23H22F2N2O5. The van der Waals surface area contributed by atoms with Gasteiger partial charge < -0.3 is 29.4 Å². The van der Waals surface area contributed by atoms with Crippen LogP contribution < -0.4 is 4.74 Å². The third-order valence-electron chi connectivity index (χ3n) is 6.68. The van der Waals surface area contributed by atoms with Gasteiger partial charge in [0.15, 0.2) is 11.9 Å². The van der Waals surface area contributed by atoms with Crippen molar-refractivity contribution < 1.29 is 33.2 Å². The number of aliphatic hydroxyl groups excluding tert-OH is 2. The monoisotopic (exact) mass is 444 g/mol. The number of ether oxygens (including phenoxy) is 3. The molecule has 0 spiro atoms. The van der Waals surface area contributed by atoms with E-state index >= 15 is 4.39 Å². The molecule has 0 bridgehead atoms. The summed E-state index contributed by atoms with van der Waals surface area (Å²) in [5.74, 6) is -1.19. The average Bonchev–Trinajstić information content (AvgIpc) is 3.44. The van der Waals surface area contributed by atoms with Gasteiger partial charge in [-0.15, -0.1) is 0 Å². The van der Waals surface area contributed by atoms with Gasteiger partial charge in [-0.1, -0.05) is 24.3 Å². The maximum atomic E-state index is 15.3. The third-order valence-corrected chi connectivity index (χ3v) is 6.68. The number of imidazole rings is 1. The number of aliphatic hydroxyl groups is 2. The number of halogens is 2. The molecule has 9 heteroatoms. The van der Waals surface area contributed by atoms with Gasteiger partial charge in [-0.3, -0.25) is 0 Å². The quantitative estimate of drug-likeness (QED) is 0.573. The van der Waals surface area contributed by atoms with Crippen molar-refractivity contribution in [1.82, 2.24) is 9.97 Å². The van der Waals surface area contributed by atoms with Gasteiger partial charge in [0.25, 0.3) is 6.01 Å². The molecule has 2 saturated heterocycles. The van der Waals surface area contributed by atoms with Crippen molar-refractivity contribution in [3.05, 3.63) is 47.5 Å². The van der Waals surface area contributed by atoms with Crippen molar-refractivity contribution in [1.29, 1.82) is 0 Å². The van der Waals surface area contributed by atoms with Gasteiger partial charge in [-0.2, -0.15) is 4.98 Å². The molecule has 3 aromatic rings. The Labute approximate surface area is 181 Å². The van der Waals surface area contributed by atoms with Crippen molar-refractivity contribution in [3.63, 3.8) is 0 Å². The van der Waals surface area contributed by atoms with Crippen LogP contribution in [0, 0.1) is 11.6 Å². The van der Waals surface area contributed by atoms with Crippen molar-refractivity contribution >= 4 is 11.0 Å². The number of fused-ring (bicyclic) bond motifs is 2. The molecule has 2 aromatic carbocycles. The maximum Gasteiger partial charge on any atom is 0.295 e. The van der Waals surface area contributed by atoms with Gasteiger partial charge in [0.05, 0.1) is 30.4 Å². The number of nitrogens with zero attached hydrogens (tertiary/aromatic N) is 1. The molecule has 0 amide bonds. The highest BCUT2D eigenvalue weighted by Gasteiger charge is 2.48. The molecular weight excluding hydrogens is 422 g/mol. The van der Waals surface area contributed by atoms with Crippen LogP contribution >= 0.6 is 0 Å². The molecule has 3 heterocycles. The van der Waals surface area contributed by atoms with Crippen LogP contribution in [0.1, 0.15) is 24.3 Å². The van der Waals surface area contributed by atoms with E-state index in [1.165, 1.54) is 6.07 Å². The average molecular weight is 444 g/mol. The first-order valence-corrected chi connectivity index (χ1v) is 10.7. The zero-order valence-electron chi connectivity index (χ0n) is 17.0. The van der Waals surface area contributed by atoms with E-state index in [9.17, 15) is 14.6 Å². The minimum Gasteiger partial charge on any atom is -0.456 e. The SMILES string of the molecule is OC1CC(c2ccc(-c3c(F)cc4[nH]c(O[C@@H]5CO[C@H]6[C@@H]5OC[C@H]6O)nc4c3F)cc2)C1. The first-order chi connectivity index (χ1) is 15.5. The number of H-pyrrole nitrogens is 1. The second-order valence-corrected chi connectivity index (χ2v) is 8.75. The molecule has 3 N–H and O–H groups in total. The normalized spacial score (nSPS) is 31.6. The number of rotatable bonds is 4. The van der Waals surface area contributed by atoms with E-state index in [2.05, 4.69) is 9.97 Å². The highest BCUT2D eigenvalue weighted by atomic mass is 19.1. The van der Waals surface area contributed by atoms with Crippen LogP contribution in [0.4, 0.5) is 8.78 Å². The molecule has 1 saturated carbocycles. The fourth-order valence-corrected chi connectivity index (χ4v) is 4.85. The van der Waals surface area contributed by atoms with Crippen LogP contribution in [-0.2, 0) is 9.47 Å². The smallest absolute Gasteiger partial charge is 0.295 e. The molecule has 0 unspecified atom stereocenters. The Morgan fingerprint density at radius 2 is 1.78 bits per heavy atom. The van der Waals surface area contributed by atoms with E-state index in [1.807, 2.05) is 12.1 Å². The zero-order chi connectivity index (χ0) is 22.0. The minimum atomic E-state index is -0.772. The molecule has 4 atom stereocenters. The lowest BCUT2D eigenvalue weighted by molar-refractivity contribution is 0.00706. The second-order valence-electron chi connectivity index (χ2n) is 8.75. The summed E-state index contributed by atoms with van der Waals surface area (Å²) in [7, 11) is 0. The molecule has 32 heavy (non-hydrogen) atoms. The Kier molecular flexibility index (Phi) is 4.69. The van der Waals surface area contributed by atoms with Crippen molar-refractivity contribution in [2.24, 2.45) is 0 Å². The predicted molar refractivity (Wildman–Crippen MR) is 109 cm³/mol. The van der Waals surface area contributed by atoms with Crippen molar-refractivity contribution in [2.45, 2.75) is 49.3 Å². The molecule has 7 nitrogen and oxygen atoms in total. The highest BCUT2D eigenvalue weighted by molar-refractivity contribution is 5.84. The topological polar surface area (TPSA) is 96.8 Å². The minimum absolute atomic E-state index is 0.0227. The zero-order valence-corrected chi connectivity index (χ0v) is 17.0. The lowest BCUT2D eigenvalue weighted by atomic mass is 9.77. The maximum absolute atomic E-state index is 15.3. The molecule has 1 aromatic heterocycles. The third kappa shape index (κ3) is 3.19. The summed E-state index contributed by atoms with van der Waals surface area (Å²) in [4.78, 5) is 7.00. The van der Waals surface area contributed by atoms with Gasteiger partial charge in [-0.05, 0) is 29.9 Å². The predicted octanol–water partition coefficient (Wildman–Crippen LogP) is 2.65. The van der Waals surface area contributed by atoms with E-state index in [0.29, 0.717) is 18.4 Å². The number of aromatic amines is 1. The van der Waals surface area contributed by atoms with Crippen LogP contribution in [0.25, 0.3) is 22.2 Å². The Bertz CT molecular complexity index is 1160. The Hall–Kier alpha value is -2.59. The molecule has 6 rings (SSSR count). The molecule has 3 aliphatic rings. The van der Waals surface area contributed by atoms with Gasteiger partial charge in [-0.25, -0.2) is 8.78 Å². The summed E-state index contributed by atoms with van der Waals surface area (Å²) in [6, 6.07) is 8.31. The Balaban J connectivity index is 1.28. The number of hydrogen-bond acceptors (Lipinski definition) is 6. The van der Waals surface area contributed by atoms with Crippen LogP contribution in [0.15, 0.2) is 30.3 Å². The van der Waals surface area contributed by atoms with Gasteiger partial charge in [0.2, 0.25) is 0 Å². The van der Waals surface area contributed by atoms with Crippen LogP contribution in [0.2, 0.25) is 0 Å². The number of nitrogens with one attached hydrogen (secondary N) is 1. The summed E-state index contributed by atoms with van der Waals surface area (Å²) < 4.78 is 47.0. The van der Waals surface area contributed by atoms with Gasteiger partial charge in [0.1, 0.15) is 29.6 Å². The lowest BCUT2D eigenvalue weighted by Crippen LogP contribution is -2.34. The standard InChI is InChI=1S/C23H22F2N2O5/c24-14-7-15-20(27-23(26-15)32-17-9-31-21-16(29)8-30-22(17)21)19(25)18(14)11-3-1-10(2-4-11)12-5-13(28)6-12/h1-4,7,12-13,16-17,21-22,28-29H,5-6,8-9H2,(H,26,27)/t12?,13?,16-,17-,21-,22-/m1/s1. The fourth-order valence-electron chi connectivity index (χ4n) is 4.85. The molecule has 3 fully saturated rings. The Morgan fingerprint density at radius 1 is 1.03 bits per heavy atom. The highest BCUT2D eigenvalue weighted by Crippen LogP contribution is 2.38. The van der Waals surface area contributed by atoms with E-state index in [1.54, 1.807) is 12.1 Å². The molecule has 0 radical (unpaired) electrons. The summed E-state index contributed by atoms with van der Waals surface area (Å²) in [5.41, 5.74) is 1.47. The van der Waals surface area contributed by atoms with Gasteiger partial charge >= 0.3 is 0 Å². The van der Waals surface area contributed by atoms with Crippen LogP contribution in [-0.4, -0.2) is 63.9 Å². The van der Waals surface area contributed by atoms with Crippen LogP contribution in [0.3, 0.4) is 0 Å². The number of benzene rings is 2. The summed E-state index contributed by atoms with van der Waals surface area (Å²) in [6.45, 7) is 0.370. The van der Waals surface area contributed by atoms with Crippen molar-refractivity contribution in [3.8, 4) is 17.1 Å². The summed E-state index contributed by atoms with van der Waals surface area (Å²) in [6.07, 6.45) is -0.965. The van der Waals surface area contributed by atoms with E-state index in [0.717, 1.165) is 5.56 Å². The van der Waals surface area contributed by atoms with Gasteiger partial charge in [0, 0.05) is 6.07 Å². The second kappa shape index (κ2) is 7.48. The van der Waals surface area contributed by atoms with Crippen LogP contribution in [0.5, 0.6) is 6.01 Å². The summed E-state index contributed by atoms with van der Waals surface area (Å²) >= 11 is 0. The summed E-state index contributed by atoms with van der Waals surface area (Å²) in [5, 5.41) is 19.3. The van der Waals surface area contributed by atoms with E-state index in [-0.39, 0.29) is 47.8 Å². The first kappa shape index (κ1) is 20.0. The van der Waals surface area contributed by atoms with E-state index < -0.39 is 36.1 Å². The Morgan fingerprint density at radius 3 is 2.53 bits per heavy atom.